The van der Waals surface area contributed by atoms with Gasteiger partial charge in [0.1, 0.15) is 11.5 Å². The van der Waals surface area contributed by atoms with Crippen molar-refractivity contribution in [1.29, 1.82) is 0 Å². The van der Waals surface area contributed by atoms with Crippen LogP contribution in [0.5, 0.6) is 0 Å². The lowest BCUT2D eigenvalue weighted by atomic mass is 9.97. The van der Waals surface area contributed by atoms with Crippen molar-refractivity contribution in [2.24, 2.45) is 0 Å². The van der Waals surface area contributed by atoms with Crippen molar-refractivity contribution in [2.45, 2.75) is 13.3 Å². The standard InChI is InChI=1S/C41H29N5/c1-2-37-44-41-36(46(37)31-13-7-4-8-14-31)22-21-33-32-15-9-10-16-34(32)43-40(39(33)41)29-19-17-27(18-20-29)30-23-24-45-26-35(42-38(45)25-30)28-11-5-3-6-12-28/h3-26H,2H2,1H3. The van der Waals surface area contributed by atoms with Crippen LogP contribution in [0.25, 0.3) is 77.7 Å². The summed E-state index contributed by atoms with van der Waals surface area (Å²) in [7, 11) is 0. The summed E-state index contributed by atoms with van der Waals surface area (Å²) in [4.78, 5) is 15.4. The summed E-state index contributed by atoms with van der Waals surface area (Å²) in [5, 5.41) is 3.38. The number of aryl methyl sites for hydroxylation is 1. The number of fused-ring (bicyclic) bond motifs is 6. The first-order chi connectivity index (χ1) is 22.7. The van der Waals surface area contributed by atoms with E-state index in [1.54, 1.807) is 0 Å². The van der Waals surface area contributed by atoms with Gasteiger partial charge >= 0.3 is 0 Å². The molecular weight excluding hydrogens is 562 g/mol. The zero-order valence-electron chi connectivity index (χ0n) is 25.3. The molecule has 0 amide bonds. The predicted octanol–water partition coefficient (Wildman–Crippen LogP) is 9.94. The van der Waals surface area contributed by atoms with Crippen LogP contribution in [0.3, 0.4) is 0 Å². The highest BCUT2D eigenvalue weighted by molar-refractivity contribution is 6.19. The van der Waals surface area contributed by atoms with Gasteiger partial charge in [0.25, 0.3) is 0 Å². The Kier molecular flexibility index (Phi) is 6.03. The van der Waals surface area contributed by atoms with Crippen LogP contribution in [0.2, 0.25) is 0 Å². The van der Waals surface area contributed by atoms with E-state index >= 15 is 0 Å². The van der Waals surface area contributed by atoms with Crippen LogP contribution in [0, 0.1) is 0 Å². The molecule has 5 aromatic carbocycles. The number of pyridine rings is 2. The van der Waals surface area contributed by atoms with Crippen LogP contribution in [0.15, 0.2) is 146 Å². The van der Waals surface area contributed by atoms with Gasteiger partial charge in [0.05, 0.1) is 27.9 Å². The number of nitrogens with zero attached hydrogens (tertiary/aromatic N) is 5. The second-order valence-corrected chi connectivity index (χ2v) is 11.6. The largest absolute Gasteiger partial charge is 0.306 e. The number of hydrogen-bond donors (Lipinski definition) is 0. The number of rotatable bonds is 5. The molecule has 0 saturated heterocycles. The molecule has 218 valence electrons. The number of para-hydroxylation sites is 2. The molecule has 0 N–H and O–H groups in total. The maximum absolute atomic E-state index is 5.27. The van der Waals surface area contributed by atoms with Crippen LogP contribution in [-0.4, -0.2) is 23.9 Å². The van der Waals surface area contributed by atoms with Gasteiger partial charge < -0.3 is 4.40 Å². The first kappa shape index (κ1) is 26.3. The molecule has 4 heterocycles. The lowest BCUT2D eigenvalue weighted by Crippen LogP contribution is -1.99. The summed E-state index contributed by atoms with van der Waals surface area (Å²) in [6.07, 6.45) is 4.99. The lowest BCUT2D eigenvalue weighted by molar-refractivity contribution is 0.908. The van der Waals surface area contributed by atoms with E-state index in [0.717, 1.165) is 89.9 Å². The highest BCUT2D eigenvalue weighted by Crippen LogP contribution is 2.38. The third-order valence-corrected chi connectivity index (χ3v) is 8.91. The SMILES string of the molecule is CCc1nc2c3c(-c4ccc(-c5ccn6cc(-c7ccccc7)nc6c5)cc4)nc4ccccc4c3ccc2n1-c1ccccc1. The molecule has 5 heteroatoms. The zero-order chi connectivity index (χ0) is 30.6. The van der Waals surface area contributed by atoms with Crippen molar-refractivity contribution >= 4 is 38.4 Å². The Morgan fingerprint density at radius 2 is 1.33 bits per heavy atom. The molecule has 0 radical (unpaired) electrons. The van der Waals surface area contributed by atoms with Crippen LogP contribution in [0.1, 0.15) is 12.7 Å². The summed E-state index contributed by atoms with van der Waals surface area (Å²) in [6, 6.07) is 46.7. The Hall–Kier alpha value is -6.07. The number of aromatic nitrogens is 5. The topological polar surface area (TPSA) is 48.0 Å². The Morgan fingerprint density at radius 3 is 2.13 bits per heavy atom. The average Bonchev–Trinajstić information content (AvgIpc) is 3.73. The van der Waals surface area contributed by atoms with Crippen molar-refractivity contribution in [1.82, 2.24) is 23.9 Å². The van der Waals surface area contributed by atoms with E-state index in [9.17, 15) is 0 Å². The Bertz CT molecular complexity index is 2540. The van der Waals surface area contributed by atoms with Crippen LogP contribution >= 0.6 is 0 Å². The van der Waals surface area contributed by atoms with Gasteiger partial charge in [-0.3, -0.25) is 4.57 Å². The molecule has 9 aromatic rings. The number of hydrogen-bond acceptors (Lipinski definition) is 3. The van der Waals surface area contributed by atoms with Crippen molar-refractivity contribution in [3.05, 3.63) is 152 Å². The predicted molar refractivity (Wildman–Crippen MR) is 188 cm³/mol. The molecule has 0 spiro atoms. The fraction of sp³-hybridized carbons (Fsp3) is 0.0488. The molecule has 0 bridgehead atoms. The zero-order valence-corrected chi connectivity index (χ0v) is 25.3. The van der Waals surface area contributed by atoms with Gasteiger partial charge in [0, 0.05) is 46.4 Å². The van der Waals surface area contributed by atoms with Crippen molar-refractivity contribution in [3.63, 3.8) is 0 Å². The van der Waals surface area contributed by atoms with E-state index in [1.165, 1.54) is 0 Å². The molecule has 0 aliphatic carbocycles. The minimum atomic E-state index is 0.823. The van der Waals surface area contributed by atoms with E-state index in [4.69, 9.17) is 15.0 Å². The van der Waals surface area contributed by atoms with Gasteiger partial charge in [0.15, 0.2) is 0 Å². The summed E-state index contributed by atoms with van der Waals surface area (Å²) in [6.45, 7) is 2.17. The van der Waals surface area contributed by atoms with E-state index < -0.39 is 0 Å². The summed E-state index contributed by atoms with van der Waals surface area (Å²) in [5.41, 5.74) is 11.4. The number of benzene rings is 5. The highest BCUT2D eigenvalue weighted by atomic mass is 15.1. The van der Waals surface area contributed by atoms with E-state index in [2.05, 4.69) is 144 Å². The maximum atomic E-state index is 5.27. The third kappa shape index (κ3) is 4.20. The van der Waals surface area contributed by atoms with Gasteiger partial charge in [-0.2, -0.15) is 0 Å². The molecule has 0 fully saturated rings. The Labute approximate surface area is 266 Å². The van der Waals surface area contributed by atoms with Gasteiger partial charge in [-0.1, -0.05) is 104 Å². The van der Waals surface area contributed by atoms with Crippen LogP contribution in [-0.2, 0) is 6.42 Å². The quantitative estimate of drug-likeness (QED) is 0.187. The minimum Gasteiger partial charge on any atom is -0.306 e. The molecule has 0 unspecified atom stereocenters. The molecule has 5 nitrogen and oxygen atoms in total. The van der Waals surface area contributed by atoms with Crippen molar-refractivity contribution < 1.29 is 0 Å². The minimum absolute atomic E-state index is 0.823. The summed E-state index contributed by atoms with van der Waals surface area (Å²) in [5.74, 6) is 1.04. The van der Waals surface area contributed by atoms with E-state index in [1.807, 2.05) is 18.2 Å². The van der Waals surface area contributed by atoms with Crippen LogP contribution in [0.4, 0.5) is 0 Å². The fourth-order valence-electron chi connectivity index (χ4n) is 6.67. The molecule has 0 aliphatic heterocycles. The maximum Gasteiger partial charge on any atom is 0.138 e. The Balaban J connectivity index is 1.20. The normalized spacial score (nSPS) is 11.7. The first-order valence-corrected chi connectivity index (χ1v) is 15.7. The number of imidazole rings is 2. The van der Waals surface area contributed by atoms with Gasteiger partial charge in [-0.15, -0.1) is 0 Å². The first-order valence-electron chi connectivity index (χ1n) is 15.7. The van der Waals surface area contributed by atoms with Crippen molar-refractivity contribution in [3.8, 4) is 39.3 Å². The molecule has 9 rings (SSSR count). The molecule has 0 aliphatic rings. The third-order valence-electron chi connectivity index (χ3n) is 8.91. The van der Waals surface area contributed by atoms with Crippen molar-refractivity contribution in [2.75, 3.05) is 0 Å². The lowest BCUT2D eigenvalue weighted by Gasteiger charge is -2.12. The average molecular weight is 592 g/mol. The monoisotopic (exact) mass is 591 g/mol. The van der Waals surface area contributed by atoms with Crippen LogP contribution < -0.4 is 0 Å². The highest BCUT2D eigenvalue weighted by Gasteiger charge is 2.19. The molecule has 4 aromatic heterocycles. The molecule has 0 atom stereocenters. The van der Waals surface area contributed by atoms with E-state index in [-0.39, 0.29) is 0 Å². The Morgan fingerprint density at radius 1 is 0.587 bits per heavy atom. The molecule has 0 saturated carbocycles. The smallest absolute Gasteiger partial charge is 0.138 e. The summed E-state index contributed by atoms with van der Waals surface area (Å²) < 4.78 is 4.36. The van der Waals surface area contributed by atoms with Gasteiger partial charge in [0.2, 0.25) is 0 Å². The second kappa shape index (κ2) is 10.5. The molecule has 46 heavy (non-hydrogen) atoms. The fourth-order valence-corrected chi connectivity index (χ4v) is 6.67. The van der Waals surface area contributed by atoms with Gasteiger partial charge in [-0.25, -0.2) is 15.0 Å². The second-order valence-electron chi connectivity index (χ2n) is 11.6. The van der Waals surface area contributed by atoms with Gasteiger partial charge in [-0.05, 0) is 52.9 Å². The van der Waals surface area contributed by atoms with E-state index in [0.29, 0.717) is 0 Å². The summed E-state index contributed by atoms with van der Waals surface area (Å²) >= 11 is 0. The molecular formula is C41H29N5.